The summed E-state index contributed by atoms with van der Waals surface area (Å²) < 4.78 is 20.3. The minimum Gasteiger partial charge on any atom is -0.454 e. The smallest absolute Gasteiger partial charge is 0.303 e. The molecule has 4 atom stereocenters. The molecular weight excluding hydrogens is 296 g/mol. The lowest BCUT2D eigenvalue weighted by atomic mass is 9.95. The Morgan fingerprint density at radius 3 is 1.09 bits per heavy atom. The van der Waals surface area contributed by atoms with Gasteiger partial charge < -0.3 is 18.9 Å². The van der Waals surface area contributed by atoms with Crippen molar-refractivity contribution in [1.29, 1.82) is 0 Å². The van der Waals surface area contributed by atoms with Crippen molar-refractivity contribution in [2.45, 2.75) is 52.1 Å². The third kappa shape index (κ3) is 5.19. The average Bonchev–Trinajstić information content (AvgIpc) is 2.34. The number of hydrogen-bond donors (Lipinski definition) is 0. The Balaban J connectivity index is 3.11. The summed E-state index contributed by atoms with van der Waals surface area (Å²) in [6, 6.07) is 0. The molecule has 0 N–H and O–H groups in total. The van der Waals surface area contributed by atoms with Crippen molar-refractivity contribution in [3.63, 3.8) is 0 Å². The molecule has 0 bridgehead atoms. The molecule has 0 aromatic rings. The van der Waals surface area contributed by atoms with Crippen molar-refractivity contribution in [2.75, 3.05) is 0 Å². The van der Waals surface area contributed by atoms with Crippen LogP contribution in [0.3, 0.4) is 0 Å². The van der Waals surface area contributed by atoms with Gasteiger partial charge in [-0.25, -0.2) is 0 Å². The molecule has 0 fully saturated rings. The van der Waals surface area contributed by atoms with Crippen LogP contribution in [0.2, 0.25) is 0 Å². The number of rotatable bonds is 4. The fourth-order valence-electron chi connectivity index (χ4n) is 2.06. The van der Waals surface area contributed by atoms with E-state index >= 15 is 0 Å². The number of esters is 4. The maximum Gasteiger partial charge on any atom is 0.303 e. The summed E-state index contributed by atoms with van der Waals surface area (Å²) in [4.78, 5) is 44.8. The first kappa shape index (κ1) is 17.7. The second kappa shape index (κ2) is 7.58. The van der Waals surface area contributed by atoms with Gasteiger partial charge in [0.15, 0.2) is 24.4 Å². The van der Waals surface area contributed by atoms with E-state index < -0.39 is 48.3 Å². The van der Waals surface area contributed by atoms with Gasteiger partial charge in [0, 0.05) is 27.7 Å². The molecule has 8 heteroatoms. The molecule has 0 radical (unpaired) electrons. The minimum atomic E-state index is -1.11. The summed E-state index contributed by atoms with van der Waals surface area (Å²) in [5, 5.41) is 0. The lowest BCUT2D eigenvalue weighted by molar-refractivity contribution is -0.193. The van der Waals surface area contributed by atoms with Gasteiger partial charge in [0.05, 0.1) is 0 Å². The first-order chi connectivity index (χ1) is 10.2. The van der Waals surface area contributed by atoms with Crippen molar-refractivity contribution in [3.05, 3.63) is 12.2 Å². The fourth-order valence-corrected chi connectivity index (χ4v) is 2.06. The number of carbonyl (C=O) groups is 4. The van der Waals surface area contributed by atoms with Gasteiger partial charge in [-0.15, -0.1) is 0 Å². The van der Waals surface area contributed by atoms with Crippen molar-refractivity contribution in [3.8, 4) is 0 Å². The van der Waals surface area contributed by atoms with E-state index in [4.69, 9.17) is 18.9 Å². The Morgan fingerprint density at radius 1 is 0.591 bits per heavy atom. The number of hydrogen-bond acceptors (Lipinski definition) is 8. The highest BCUT2D eigenvalue weighted by Crippen LogP contribution is 2.25. The standard InChI is InChI=1S/C14H18O8/c1-7(15)19-11-5-6-12(20-8(2)16)14(22-10(4)18)13(11)21-9(3)17/h5-6,11-14H,1-4H3/t11-,12-,13-,14+/m1/s1. The molecule has 0 saturated carbocycles. The van der Waals surface area contributed by atoms with Gasteiger partial charge in [-0.05, 0) is 12.2 Å². The van der Waals surface area contributed by atoms with Crippen molar-refractivity contribution in [1.82, 2.24) is 0 Å². The van der Waals surface area contributed by atoms with Crippen LogP contribution in [0.15, 0.2) is 12.2 Å². The van der Waals surface area contributed by atoms with Crippen LogP contribution in [0.1, 0.15) is 27.7 Å². The molecule has 1 aliphatic rings. The summed E-state index contributed by atoms with van der Waals surface area (Å²) in [6.45, 7) is 4.71. The maximum atomic E-state index is 11.3. The normalized spacial score (nSPS) is 26.7. The van der Waals surface area contributed by atoms with E-state index in [1.165, 1.54) is 26.0 Å². The van der Waals surface area contributed by atoms with Gasteiger partial charge in [0.1, 0.15) is 0 Å². The van der Waals surface area contributed by atoms with Crippen molar-refractivity contribution >= 4 is 23.9 Å². The van der Waals surface area contributed by atoms with Crippen LogP contribution in [0, 0.1) is 0 Å². The van der Waals surface area contributed by atoms with Crippen LogP contribution in [-0.2, 0) is 38.1 Å². The summed E-state index contributed by atoms with van der Waals surface area (Å²) in [6.07, 6.45) is -1.28. The Kier molecular flexibility index (Phi) is 6.09. The lowest BCUT2D eigenvalue weighted by Gasteiger charge is -2.36. The maximum absolute atomic E-state index is 11.3. The van der Waals surface area contributed by atoms with Crippen LogP contribution >= 0.6 is 0 Å². The third-order valence-electron chi connectivity index (χ3n) is 2.67. The molecule has 0 heterocycles. The van der Waals surface area contributed by atoms with Crippen LogP contribution in [0.4, 0.5) is 0 Å². The predicted molar refractivity (Wildman–Crippen MR) is 71.4 cm³/mol. The summed E-state index contributed by atoms with van der Waals surface area (Å²) in [7, 11) is 0. The molecule has 0 unspecified atom stereocenters. The molecule has 1 aliphatic carbocycles. The van der Waals surface area contributed by atoms with Crippen LogP contribution in [-0.4, -0.2) is 48.3 Å². The minimum absolute atomic E-state index is 0.598. The molecule has 0 aliphatic heterocycles. The second-order valence-corrected chi connectivity index (χ2v) is 4.68. The van der Waals surface area contributed by atoms with Crippen LogP contribution in [0.25, 0.3) is 0 Å². The van der Waals surface area contributed by atoms with E-state index in [1.54, 1.807) is 0 Å². The van der Waals surface area contributed by atoms with E-state index in [1.807, 2.05) is 0 Å². The Labute approximate surface area is 127 Å². The average molecular weight is 314 g/mol. The van der Waals surface area contributed by atoms with Gasteiger partial charge in [-0.1, -0.05) is 0 Å². The highest BCUT2D eigenvalue weighted by Gasteiger charge is 2.44. The molecule has 0 aromatic heterocycles. The van der Waals surface area contributed by atoms with Crippen LogP contribution in [0.5, 0.6) is 0 Å². The molecule has 0 saturated heterocycles. The first-order valence-corrected chi connectivity index (χ1v) is 6.58. The van der Waals surface area contributed by atoms with Gasteiger partial charge in [0.2, 0.25) is 0 Å². The van der Waals surface area contributed by atoms with Gasteiger partial charge in [-0.2, -0.15) is 0 Å². The molecule has 0 amide bonds. The molecule has 122 valence electrons. The van der Waals surface area contributed by atoms with Crippen molar-refractivity contribution < 1.29 is 38.1 Å². The zero-order chi connectivity index (χ0) is 16.9. The Morgan fingerprint density at radius 2 is 0.864 bits per heavy atom. The topological polar surface area (TPSA) is 105 Å². The van der Waals surface area contributed by atoms with Gasteiger partial charge in [0.25, 0.3) is 0 Å². The van der Waals surface area contributed by atoms with E-state index in [9.17, 15) is 19.2 Å². The summed E-state index contributed by atoms with van der Waals surface area (Å²) in [5.74, 6) is -2.51. The van der Waals surface area contributed by atoms with Crippen LogP contribution < -0.4 is 0 Å². The third-order valence-corrected chi connectivity index (χ3v) is 2.67. The zero-order valence-electron chi connectivity index (χ0n) is 12.7. The monoisotopic (exact) mass is 314 g/mol. The summed E-state index contributed by atoms with van der Waals surface area (Å²) in [5.41, 5.74) is 0. The van der Waals surface area contributed by atoms with Gasteiger partial charge >= 0.3 is 23.9 Å². The molecule has 0 aromatic carbocycles. The largest absolute Gasteiger partial charge is 0.454 e. The van der Waals surface area contributed by atoms with E-state index in [0.717, 1.165) is 13.8 Å². The lowest BCUT2D eigenvalue weighted by Crippen LogP contribution is -2.53. The summed E-state index contributed by atoms with van der Waals surface area (Å²) >= 11 is 0. The second-order valence-electron chi connectivity index (χ2n) is 4.68. The first-order valence-electron chi connectivity index (χ1n) is 6.58. The van der Waals surface area contributed by atoms with Crippen molar-refractivity contribution in [2.24, 2.45) is 0 Å². The van der Waals surface area contributed by atoms with E-state index in [2.05, 4.69) is 0 Å². The molecule has 22 heavy (non-hydrogen) atoms. The Hall–Kier alpha value is -2.38. The molecule has 1 rings (SSSR count). The van der Waals surface area contributed by atoms with E-state index in [0.29, 0.717) is 0 Å². The number of ether oxygens (including phenoxy) is 4. The zero-order valence-corrected chi connectivity index (χ0v) is 12.7. The number of carbonyl (C=O) groups excluding carboxylic acids is 4. The Bertz CT molecular complexity index is 451. The fraction of sp³-hybridized carbons (Fsp3) is 0.571. The molecular formula is C14H18O8. The van der Waals surface area contributed by atoms with E-state index in [-0.39, 0.29) is 0 Å². The van der Waals surface area contributed by atoms with Gasteiger partial charge in [-0.3, -0.25) is 19.2 Å². The highest BCUT2D eigenvalue weighted by atomic mass is 16.6. The predicted octanol–water partition coefficient (Wildman–Crippen LogP) is 0.283. The quantitative estimate of drug-likeness (QED) is 0.414. The molecule has 0 spiro atoms. The highest BCUT2D eigenvalue weighted by molar-refractivity contribution is 5.69. The molecule has 8 nitrogen and oxygen atoms in total. The SMILES string of the molecule is CC(=O)O[C@@H]1[C@H](OC(C)=O)[C@H](OC(C)=O)C=C[C@H]1OC(C)=O.